The van der Waals surface area contributed by atoms with Gasteiger partial charge in [-0.2, -0.15) is 0 Å². The third kappa shape index (κ3) is 4.72. The van der Waals surface area contributed by atoms with Crippen molar-refractivity contribution in [1.82, 2.24) is 20.2 Å². The largest absolute Gasteiger partial charge is 0.493 e. The molecule has 0 spiro atoms. The summed E-state index contributed by atoms with van der Waals surface area (Å²) >= 11 is 0. The van der Waals surface area contributed by atoms with Gasteiger partial charge >= 0.3 is 0 Å². The third-order valence-electron chi connectivity index (χ3n) is 3.98. The van der Waals surface area contributed by atoms with Gasteiger partial charge in [-0.1, -0.05) is 36.3 Å². The van der Waals surface area contributed by atoms with Gasteiger partial charge in [-0.3, -0.25) is 0 Å². The van der Waals surface area contributed by atoms with Gasteiger partial charge in [-0.15, -0.1) is 0 Å². The molecular weight excluding hydrogens is 349 g/mol. The zero-order valence-corrected chi connectivity index (χ0v) is 15.4. The number of hydrogen-bond acceptors (Lipinski definition) is 6. The molecule has 0 bridgehead atoms. The first kappa shape index (κ1) is 18.6. The molecule has 0 aliphatic rings. The zero-order chi connectivity index (χ0) is 19.1. The lowest BCUT2D eigenvalue weighted by Crippen LogP contribution is -2.10. The van der Waals surface area contributed by atoms with Gasteiger partial charge in [0.2, 0.25) is 5.95 Å². The van der Waals surface area contributed by atoms with E-state index in [1.165, 1.54) is 12.1 Å². The Morgan fingerprint density at radius 1 is 1.15 bits per heavy atom. The normalized spacial score (nSPS) is 10.6. The molecule has 27 heavy (non-hydrogen) atoms. The molecule has 0 saturated heterocycles. The summed E-state index contributed by atoms with van der Waals surface area (Å²) in [6.07, 6.45) is 0.935. The van der Waals surface area contributed by atoms with Crippen LogP contribution in [0.2, 0.25) is 0 Å². The first-order valence-electron chi connectivity index (χ1n) is 8.74. The highest BCUT2D eigenvalue weighted by Gasteiger charge is 2.13. The van der Waals surface area contributed by atoms with Crippen LogP contribution in [-0.4, -0.2) is 27.3 Å². The van der Waals surface area contributed by atoms with Crippen molar-refractivity contribution in [3.05, 3.63) is 59.4 Å². The van der Waals surface area contributed by atoms with E-state index < -0.39 is 0 Å². The first-order valence-corrected chi connectivity index (χ1v) is 8.74. The van der Waals surface area contributed by atoms with Gasteiger partial charge in [-0.05, 0) is 40.6 Å². The molecule has 8 heteroatoms. The van der Waals surface area contributed by atoms with Crippen LogP contribution in [0.4, 0.5) is 10.3 Å². The predicted octanol–water partition coefficient (Wildman–Crippen LogP) is 3.42. The first-order chi connectivity index (χ1) is 13.2. The lowest BCUT2D eigenvalue weighted by molar-refractivity contribution is 0.281. The lowest BCUT2D eigenvalue weighted by atomic mass is 10.1. The van der Waals surface area contributed by atoms with Crippen LogP contribution in [0.1, 0.15) is 24.5 Å². The monoisotopic (exact) mass is 371 g/mol. The molecule has 2 aromatic carbocycles. The third-order valence-corrected chi connectivity index (χ3v) is 3.98. The molecule has 0 aliphatic heterocycles. The van der Waals surface area contributed by atoms with E-state index in [1.54, 1.807) is 23.9 Å². The second kappa shape index (κ2) is 8.98. The van der Waals surface area contributed by atoms with E-state index in [9.17, 15) is 4.39 Å². The smallest absolute Gasteiger partial charge is 0.243 e. The Labute approximate surface area is 157 Å². The van der Waals surface area contributed by atoms with Crippen molar-refractivity contribution in [3.63, 3.8) is 0 Å². The maximum atomic E-state index is 13.1. The number of halogens is 1. The van der Waals surface area contributed by atoms with Crippen LogP contribution in [-0.2, 0) is 19.7 Å². The number of para-hydroxylation sites is 1. The summed E-state index contributed by atoms with van der Waals surface area (Å²) in [6, 6.07) is 11.9. The highest BCUT2D eigenvalue weighted by Crippen LogP contribution is 2.32. The number of nitrogens with zero attached hydrogens (tertiary/aromatic N) is 4. The number of methoxy groups -OCH3 is 1. The van der Waals surface area contributed by atoms with Crippen LogP contribution in [0.5, 0.6) is 11.5 Å². The average molecular weight is 371 g/mol. The number of hydrogen-bond donors (Lipinski definition) is 1. The molecular formula is C19H22FN5O2. The molecule has 0 amide bonds. The van der Waals surface area contributed by atoms with Gasteiger partial charge in [0.25, 0.3) is 0 Å². The highest BCUT2D eigenvalue weighted by atomic mass is 19.1. The maximum Gasteiger partial charge on any atom is 0.243 e. The number of benzene rings is 2. The topological polar surface area (TPSA) is 74.1 Å². The summed E-state index contributed by atoms with van der Waals surface area (Å²) in [6.45, 7) is 3.58. The quantitative estimate of drug-likeness (QED) is 0.621. The number of nitrogens with one attached hydrogen (secondary N) is 1. The van der Waals surface area contributed by atoms with Crippen LogP contribution in [0.15, 0.2) is 42.5 Å². The summed E-state index contributed by atoms with van der Waals surface area (Å²) in [4.78, 5) is 0. The molecule has 0 radical (unpaired) electrons. The summed E-state index contributed by atoms with van der Waals surface area (Å²) in [7, 11) is 1.60. The van der Waals surface area contributed by atoms with Gasteiger partial charge < -0.3 is 14.8 Å². The van der Waals surface area contributed by atoms with Crippen molar-refractivity contribution >= 4 is 5.95 Å². The minimum atomic E-state index is -0.272. The van der Waals surface area contributed by atoms with Crippen LogP contribution < -0.4 is 14.8 Å². The standard InChI is InChI=1S/C19H22FN5O2/c1-3-11-25-19(22-23-24-25)21-12-15-5-4-6-17(26-2)18(15)27-13-14-7-9-16(20)10-8-14/h4-10H,3,11-13H2,1-2H3,(H,21,22,24). The molecule has 0 atom stereocenters. The van der Waals surface area contributed by atoms with Crippen molar-refractivity contribution in [1.29, 1.82) is 0 Å². The van der Waals surface area contributed by atoms with Crippen LogP contribution in [0, 0.1) is 5.82 Å². The molecule has 142 valence electrons. The van der Waals surface area contributed by atoms with E-state index >= 15 is 0 Å². The second-order valence-electron chi connectivity index (χ2n) is 5.94. The molecule has 7 nitrogen and oxygen atoms in total. The Balaban J connectivity index is 1.74. The molecule has 0 unspecified atom stereocenters. The van der Waals surface area contributed by atoms with E-state index in [4.69, 9.17) is 9.47 Å². The van der Waals surface area contributed by atoms with Crippen LogP contribution >= 0.6 is 0 Å². The maximum absolute atomic E-state index is 13.1. The average Bonchev–Trinajstić information content (AvgIpc) is 3.13. The number of aromatic nitrogens is 4. The molecule has 1 heterocycles. The number of rotatable bonds is 9. The molecule has 3 aromatic rings. The van der Waals surface area contributed by atoms with Crippen molar-refractivity contribution in [2.45, 2.75) is 33.0 Å². The van der Waals surface area contributed by atoms with Crippen molar-refractivity contribution in [2.24, 2.45) is 0 Å². The van der Waals surface area contributed by atoms with Gasteiger partial charge in [0.1, 0.15) is 12.4 Å². The molecule has 0 fully saturated rings. The fourth-order valence-electron chi connectivity index (χ4n) is 2.63. The molecule has 1 aromatic heterocycles. The summed E-state index contributed by atoms with van der Waals surface area (Å²) < 4.78 is 26.2. The summed E-state index contributed by atoms with van der Waals surface area (Å²) in [5.41, 5.74) is 1.77. The molecule has 0 saturated carbocycles. The van der Waals surface area contributed by atoms with Crippen molar-refractivity contribution in [2.75, 3.05) is 12.4 Å². The van der Waals surface area contributed by atoms with Gasteiger partial charge in [0, 0.05) is 18.7 Å². The van der Waals surface area contributed by atoms with E-state index in [0.29, 0.717) is 30.6 Å². The van der Waals surface area contributed by atoms with Crippen molar-refractivity contribution in [3.8, 4) is 11.5 Å². The van der Waals surface area contributed by atoms with E-state index in [0.717, 1.165) is 24.1 Å². The van der Waals surface area contributed by atoms with Gasteiger partial charge in [-0.25, -0.2) is 9.07 Å². The minimum Gasteiger partial charge on any atom is -0.493 e. The summed E-state index contributed by atoms with van der Waals surface area (Å²) in [5.74, 6) is 1.59. The minimum absolute atomic E-state index is 0.272. The van der Waals surface area contributed by atoms with Crippen LogP contribution in [0.3, 0.4) is 0 Å². The van der Waals surface area contributed by atoms with Gasteiger partial charge in [0.05, 0.1) is 7.11 Å². The Bertz CT molecular complexity index is 867. The zero-order valence-electron chi connectivity index (χ0n) is 15.4. The van der Waals surface area contributed by atoms with Crippen molar-refractivity contribution < 1.29 is 13.9 Å². The van der Waals surface area contributed by atoms with E-state index in [1.807, 2.05) is 18.2 Å². The highest BCUT2D eigenvalue weighted by molar-refractivity contribution is 5.48. The Morgan fingerprint density at radius 3 is 2.70 bits per heavy atom. The number of ether oxygens (including phenoxy) is 2. The number of anilines is 1. The SMILES string of the molecule is CCCn1nnnc1NCc1cccc(OC)c1OCc1ccc(F)cc1. The second-order valence-corrected chi connectivity index (χ2v) is 5.94. The Hall–Kier alpha value is -3.16. The Kier molecular flexibility index (Phi) is 6.19. The molecule has 1 N–H and O–H groups in total. The lowest BCUT2D eigenvalue weighted by Gasteiger charge is -2.16. The summed E-state index contributed by atoms with van der Waals surface area (Å²) in [5, 5.41) is 14.9. The van der Waals surface area contributed by atoms with Crippen LogP contribution in [0.25, 0.3) is 0 Å². The van der Waals surface area contributed by atoms with E-state index in [2.05, 4.69) is 27.8 Å². The number of tetrazole rings is 1. The fraction of sp³-hybridized carbons (Fsp3) is 0.316. The number of aryl methyl sites for hydroxylation is 1. The fourth-order valence-corrected chi connectivity index (χ4v) is 2.63. The van der Waals surface area contributed by atoms with E-state index in [-0.39, 0.29) is 5.82 Å². The Morgan fingerprint density at radius 2 is 1.96 bits per heavy atom. The molecule has 0 aliphatic carbocycles. The van der Waals surface area contributed by atoms with Gasteiger partial charge in [0.15, 0.2) is 11.5 Å². The molecule has 3 rings (SSSR count). The predicted molar refractivity (Wildman–Crippen MR) is 99.2 cm³/mol.